The van der Waals surface area contributed by atoms with Gasteiger partial charge in [-0.05, 0) is 24.6 Å². The molecule has 0 heterocycles. The maximum absolute atomic E-state index is 12.8. The molecule has 0 spiro atoms. The van der Waals surface area contributed by atoms with Gasteiger partial charge in [0, 0.05) is 10.0 Å². The average Bonchev–Trinajstić information content (AvgIpc) is 2.44. The number of amides is 1. The molecule has 0 saturated heterocycles. The monoisotopic (exact) mass is 369 g/mol. The fourth-order valence-electron chi connectivity index (χ4n) is 1.64. The van der Waals surface area contributed by atoms with Crippen LogP contribution in [-0.2, 0) is 6.18 Å². The Balaban J connectivity index is 3.09. The van der Waals surface area contributed by atoms with Crippen LogP contribution in [0.1, 0.15) is 29.3 Å². The number of halogens is 4. The molecule has 4 nitrogen and oxygen atoms in total. The first-order valence-electron chi connectivity index (χ1n) is 6.10. The van der Waals surface area contributed by atoms with Crippen LogP contribution in [0.15, 0.2) is 22.7 Å². The summed E-state index contributed by atoms with van der Waals surface area (Å²) in [5, 5.41) is 20.8. The number of hydrogen-bond acceptors (Lipinski definition) is 3. The lowest BCUT2D eigenvalue weighted by Gasteiger charge is -2.29. The average molecular weight is 370 g/mol. The van der Waals surface area contributed by atoms with Gasteiger partial charge in [-0.25, -0.2) is 0 Å². The summed E-state index contributed by atoms with van der Waals surface area (Å²) in [6.45, 7) is 0.595. The minimum Gasteiger partial charge on any atom is -0.394 e. The summed E-state index contributed by atoms with van der Waals surface area (Å²) in [7, 11) is 0. The second-order valence-electron chi connectivity index (χ2n) is 4.60. The van der Waals surface area contributed by atoms with Crippen LogP contribution in [0.25, 0.3) is 0 Å². The molecule has 118 valence electrons. The maximum Gasteiger partial charge on any atom is 0.417 e. The normalized spacial score (nSPS) is 12.3. The maximum atomic E-state index is 12.8. The third kappa shape index (κ3) is 4.18. The highest BCUT2D eigenvalue weighted by atomic mass is 79.9. The van der Waals surface area contributed by atoms with Gasteiger partial charge in [0.25, 0.3) is 5.91 Å². The van der Waals surface area contributed by atoms with Crippen molar-refractivity contribution >= 4 is 21.8 Å². The first-order chi connectivity index (χ1) is 9.69. The summed E-state index contributed by atoms with van der Waals surface area (Å²) >= 11 is 2.79. The molecule has 1 amide bonds. The summed E-state index contributed by atoms with van der Waals surface area (Å²) < 4.78 is 38.2. The smallest absolute Gasteiger partial charge is 0.394 e. The van der Waals surface area contributed by atoms with E-state index in [1.807, 2.05) is 0 Å². The van der Waals surface area contributed by atoms with Gasteiger partial charge in [0.05, 0.1) is 24.3 Å². The number of rotatable bonds is 5. The van der Waals surface area contributed by atoms with Crippen LogP contribution in [0.3, 0.4) is 0 Å². The van der Waals surface area contributed by atoms with Gasteiger partial charge >= 0.3 is 6.18 Å². The molecular weight excluding hydrogens is 355 g/mol. The first kappa shape index (κ1) is 17.9. The second kappa shape index (κ2) is 6.76. The summed E-state index contributed by atoms with van der Waals surface area (Å²) in [5.74, 6) is -0.794. The van der Waals surface area contributed by atoms with E-state index in [9.17, 15) is 28.2 Å². The van der Waals surface area contributed by atoms with Crippen molar-refractivity contribution in [3.63, 3.8) is 0 Å². The summed E-state index contributed by atoms with van der Waals surface area (Å²) in [6, 6.07) is 3.07. The minimum atomic E-state index is -4.59. The number of carbonyl (C=O) groups is 1. The van der Waals surface area contributed by atoms with Crippen LogP contribution in [0.4, 0.5) is 13.2 Å². The van der Waals surface area contributed by atoms with E-state index in [-0.39, 0.29) is 16.5 Å². The molecule has 0 saturated carbocycles. The van der Waals surface area contributed by atoms with E-state index in [4.69, 9.17) is 0 Å². The Kier molecular flexibility index (Phi) is 5.77. The van der Waals surface area contributed by atoms with Crippen LogP contribution >= 0.6 is 15.9 Å². The van der Waals surface area contributed by atoms with Gasteiger partial charge in [-0.2, -0.15) is 13.2 Å². The summed E-state index contributed by atoms with van der Waals surface area (Å²) in [5.41, 5.74) is -2.43. The Bertz CT molecular complexity index is 508. The van der Waals surface area contributed by atoms with E-state index >= 15 is 0 Å². The predicted octanol–water partition coefficient (Wildman–Crippen LogP) is 2.33. The van der Waals surface area contributed by atoms with E-state index in [0.29, 0.717) is 6.07 Å². The molecular formula is C13H15BrF3NO3. The molecule has 1 aromatic rings. The van der Waals surface area contributed by atoms with Crippen LogP contribution in [-0.4, -0.2) is 34.9 Å². The number of aliphatic hydroxyl groups excluding tert-OH is 2. The molecule has 0 aliphatic rings. The van der Waals surface area contributed by atoms with Crippen LogP contribution in [0.5, 0.6) is 0 Å². The molecule has 0 aromatic heterocycles. The zero-order valence-corrected chi connectivity index (χ0v) is 12.8. The van der Waals surface area contributed by atoms with Gasteiger partial charge in [-0.1, -0.05) is 22.9 Å². The fourth-order valence-corrected chi connectivity index (χ4v) is 2.11. The highest BCUT2D eigenvalue weighted by Crippen LogP contribution is 2.35. The number of carbonyl (C=O) groups excluding carboxylic acids is 1. The standard InChI is InChI=1S/C13H15BrF3NO3/c1-2-12(6-19,7-20)18-11(21)8-3-4-10(14)9(5-8)13(15,16)17/h3-5,19-20H,2,6-7H2,1H3,(H,18,21). The van der Waals surface area contributed by atoms with Crippen molar-refractivity contribution in [3.05, 3.63) is 33.8 Å². The number of hydrogen-bond donors (Lipinski definition) is 3. The quantitative estimate of drug-likeness (QED) is 0.745. The SMILES string of the molecule is CCC(CO)(CO)NC(=O)c1ccc(Br)c(C(F)(F)F)c1. The molecule has 8 heteroatoms. The van der Waals surface area contributed by atoms with E-state index in [0.717, 1.165) is 6.07 Å². The third-order valence-corrected chi connectivity index (χ3v) is 3.89. The lowest BCUT2D eigenvalue weighted by molar-refractivity contribution is -0.138. The highest BCUT2D eigenvalue weighted by Gasteiger charge is 2.34. The van der Waals surface area contributed by atoms with Gasteiger partial charge < -0.3 is 15.5 Å². The van der Waals surface area contributed by atoms with Crippen LogP contribution < -0.4 is 5.32 Å². The van der Waals surface area contributed by atoms with Crippen molar-refractivity contribution < 1.29 is 28.2 Å². The Morgan fingerprint density at radius 2 is 1.86 bits per heavy atom. The summed E-state index contributed by atoms with van der Waals surface area (Å²) in [4.78, 5) is 12.0. The zero-order valence-electron chi connectivity index (χ0n) is 11.2. The van der Waals surface area contributed by atoms with Crippen LogP contribution in [0.2, 0.25) is 0 Å². The van der Waals surface area contributed by atoms with Gasteiger partial charge in [0.1, 0.15) is 0 Å². The first-order valence-corrected chi connectivity index (χ1v) is 6.89. The van der Waals surface area contributed by atoms with E-state index < -0.39 is 36.4 Å². The van der Waals surface area contributed by atoms with Crippen molar-refractivity contribution in [2.24, 2.45) is 0 Å². The van der Waals surface area contributed by atoms with Gasteiger partial charge in [0.15, 0.2) is 0 Å². The molecule has 0 radical (unpaired) electrons. The van der Waals surface area contributed by atoms with Crippen molar-refractivity contribution in [3.8, 4) is 0 Å². The fraction of sp³-hybridized carbons (Fsp3) is 0.462. The predicted molar refractivity (Wildman–Crippen MR) is 73.8 cm³/mol. The number of alkyl halides is 3. The highest BCUT2D eigenvalue weighted by molar-refractivity contribution is 9.10. The Morgan fingerprint density at radius 1 is 1.29 bits per heavy atom. The zero-order chi connectivity index (χ0) is 16.3. The van der Waals surface area contributed by atoms with Gasteiger partial charge in [0.2, 0.25) is 0 Å². The lowest BCUT2D eigenvalue weighted by Crippen LogP contribution is -2.53. The molecule has 21 heavy (non-hydrogen) atoms. The number of aliphatic hydroxyl groups is 2. The van der Waals surface area contributed by atoms with E-state index in [2.05, 4.69) is 21.2 Å². The van der Waals surface area contributed by atoms with Crippen molar-refractivity contribution in [1.82, 2.24) is 5.32 Å². The Morgan fingerprint density at radius 3 is 2.29 bits per heavy atom. The molecule has 1 rings (SSSR count). The number of benzene rings is 1. The largest absolute Gasteiger partial charge is 0.417 e. The molecule has 0 fully saturated rings. The molecule has 0 aliphatic carbocycles. The lowest BCUT2D eigenvalue weighted by atomic mass is 9.97. The van der Waals surface area contributed by atoms with Crippen LogP contribution in [0, 0.1) is 0 Å². The van der Waals surface area contributed by atoms with E-state index in [1.165, 1.54) is 6.07 Å². The molecule has 0 aliphatic heterocycles. The second-order valence-corrected chi connectivity index (χ2v) is 5.45. The molecule has 3 N–H and O–H groups in total. The van der Waals surface area contributed by atoms with Crippen molar-refractivity contribution in [2.45, 2.75) is 25.1 Å². The summed E-state index contributed by atoms with van der Waals surface area (Å²) in [6.07, 6.45) is -4.36. The Labute approximate surface area is 128 Å². The Hall–Kier alpha value is -1.12. The van der Waals surface area contributed by atoms with Crippen molar-refractivity contribution in [2.75, 3.05) is 13.2 Å². The molecule has 1 aromatic carbocycles. The minimum absolute atomic E-state index is 0.169. The topological polar surface area (TPSA) is 69.6 Å². The molecule has 0 bridgehead atoms. The third-order valence-electron chi connectivity index (χ3n) is 3.19. The number of nitrogens with one attached hydrogen (secondary N) is 1. The molecule has 0 atom stereocenters. The van der Waals surface area contributed by atoms with Gasteiger partial charge in [-0.3, -0.25) is 4.79 Å². The molecule has 0 unspecified atom stereocenters. The van der Waals surface area contributed by atoms with Crippen molar-refractivity contribution in [1.29, 1.82) is 0 Å². The van der Waals surface area contributed by atoms with E-state index in [1.54, 1.807) is 6.92 Å². The van der Waals surface area contributed by atoms with Gasteiger partial charge in [-0.15, -0.1) is 0 Å².